The predicted molar refractivity (Wildman–Crippen MR) is 120 cm³/mol. The number of halogens is 4. The summed E-state index contributed by atoms with van der Waals surface area (Å²) in [4.78, 5) is 4.04. The summed E-state index contributed by atoms with van der Waals surface area (Å²) in [5, 5.41) is 15.5. The molecule has 0 fully saturated rings. The van der Waals surface area contributed by atoms with Crippen molar-refractivity contribution in [2.45, 2.75) is 38.0 Å². The van der Waals surface area contributed by atoms with Crippen LogP contribution in [0.25, 0.3) is 15.9 Å². The van der Waals surface area contributed by atoms with E-state index in [-0.39, 0.29) is 28.9 Å². The first kappa shape index (κ1) is 23.5. The van der Waals surface area contributed by atoms with E-state index in [0.717, 1.165) is 26.5 Å². The Morgan fingerprint density at radius 3 is 2.70 bits per heavy atom. The summed E-state index contributed by atoms with van der Waals surface area (Å²) in [5.74, 6) is 0.662. The SMILES string of the molecule is COc1cccc2snc(C(C)CCC(O)c3cc(C(F)(F)F)nn3-c3ncccc3Cl)c12. The van der Waals surface area contributed by atoms with Crippen LogP contribution in [-0.2, 0) is 6.18 Å². The minimum absolute atomic E-state index is 0.0204. The quantitative estimate of drug-likeness (QED) is 0.331. The van der Waals surface area contributed by atoms with Crippen LogP contribution in [-0.4, -0.2) is 31.4 Å². The Kier molecular flexibility index (Phi) is 6.60. The molecule has 0 saturated carbocycles. The second-order valence-electron chi connectivity index (χ2n) is 7.57. The van der Waals surface area contributed by atoms with Gasteiger partial charge in [-0.2, -0.15) is 22.6 Å². The first-order chi connectivity index (χ1) is 15.7. The van der Waals surface area contributed by atoms with E-state index in [4.69, 9.17) is 16.3 Å². The molecular formula is C22H20ClF3N4O2S. The molecule has 0 saturated heterocycles. The summed E-state index contributed by atoms with van der Waals surface area (Å²) in [7, 11) is 1.59. The van der Waals surface area contributed by atoms with Crippen molar-refractivity contribution in [2.75, 3.05) is 7.11 Å². The van der Waals surface area contributed by atoms with Crippen LogP contribution in [0.2, 0.25) is 5.02 Å². The second kappa shape index (κ2) is 9.28. The van der Waals surface area contributed by atoms with Crippen LogP contribution in [0.3, 0.4) is 0 Å². The van der Waals surface area contributed by atoms with Gasteiger partial charge in [-0.3, -0.25) is 0 Å². The predicted octanol–water partition coefficient (Wildman–Crippen LogP) is 6.18. The zero-order chi connectivity index (χ0) is 23.8. The fraction of sp³-hybridized carbons (Fsp3) is 0.318. The van der Waals surface area contributed by atoms with E-state index in [9.17, 15) is 18.3 Å². The van der Waals surface area contributed by atoms with Crippen LogP contribution in [0, 0.1) is 0 Å². The summed E-state index contributed by atoms with van der Waals surface area (Å²) >= 11 is 7.49. The van der Waals surface area contributed by atoms with Gasteiger partial charge >= 0.3 is 6.18 Å². The molecule has 2 atom stereocenters. The molecule has 0 bridgehead atoms. The first-order valence-electron chi connectivity index (χ1n) is 10.1. The highest BCUT2D eigenvalue weighted by atomic mass is 35.5. The maximum atomic E-state index is 13.4. The Hall–Kier alpha value is -2.69. The van der Waals surface area contributed by atoms with Crippen molar-refractivity contribution >= 4 is 33.2 Å². The maximum absolute atomic E-state index is 13.4. The van der Waals surface area contributed by atoms with Crippen LogP contribution < -0.4 is 4.74 Å². The Balaban J connectivity index is 1.61. The standard InChI is InChI=1S/C22H20ClF3N4O2S/c1-12(20-19-16(32-2)6-3-7-17(19)33-29-20)8-9-15(31)14-11-18(22(24,25)26)28-30(14)21-13(23)5-4-10-27-21/h3-7,10-12,15,31H,8-9H2,1-2H3. The molecule has 0 amide bonds. The number of ether oxygens (including phenoxy) is 1. The third-order valence-corrected chi connectivity index (χ3v) is 6.47. The lowest BCUT2D eigenvalue weighted by Crippen LogP contribution is -2.11. The van der Waals surface area contributed by atoms with Crippen LogP contribution in [0.4, 0.5) is 13.2 Å². The zero-order valence-corrected chi connectivity index (χ0v) is 19.2. The lowest BCUT2D eigenvalue weighted by molar-refractivity contribution is -0.141. The van der Waals surface area contributed by atoms with E-state index in [1.165, 1.54) is 23.8 Å². The molecule has 1 N–H and O–H groups in total. The summed E-state index contributed by atoms with van der Waals surface area (Å²) in [6, 6.07) is 9.59. The molecule has 3 heterocycles. The van der Waals surface area contributed by atoms with Crippen LogP contribution in [0.1, 0.15) is 48.9 Å². The monoisotopic (exact) mass is 496 g/mol. The van der Waals surface area contributed by atoms with E-state index in [2.05, 4.69) is 14.5 Å². The van der Waals surface area contributed by atoms with Gasteiger partial charge in [0.2, 0.25) is 0 Å². The summed E-state index contributed by atoms with van der Waals surface area (Å²) in [6.45, 7) is 1.96. The number of methoxy groups -OCH3 is 1. The maximum Gasteiger partial charge on any atom is 0.435 e. The molecular weight excluding hydrogens is 477 g/mol. The summed E-state index contributed by atoms with van der Waals surface area (Å²) in [5.41, 5.74) is -0.325. The Morgan fingerprint density at radius 1 is 1.21 bits per heavy atom. The normalized spacial score (nSPS) is 13.9. The lowest BCUT2D eigenvalue weighted by Gasteiger charge is -2.16. The van der Waals surface area contributed by atoms with Gasteiger partial charge in [0.25, 0.3) is 0 Å². The summed E-state index contributed by atoms with van der Waals surface area (Å²) < 4.78 is 52.0. The number of aromatic nitrogens is 4. The third-order valence-electron chi connectivity index (χ3n) is 5.35. The molecule has 0 aliphatic carbocycles. The van der Waals surface area contributed by atoms with Gasteiger partial charge in [0.1, 0.15) is 5.75 Å². The van der Waals surface area contributed by atoms with E-state index >= 15 is 0 Å². The molecule has 6 nitrogen and oxygen atoms in total. The fourth-order valence-corrected chi connectivity index (χ4v) is 4.76. The van der Waals surface area contributed by atoms with Gasteiger partial charge in [-0.25, -0.2) is 9.67 Å². The van der Waals surface area contributed by atoms with Crippen molar-refractivity contribution in [1.82, 2.24) is 19.1 Å². The average molecular weight is 497 g/mol. The number of hydrogen-bond acceptors (Lipinski definition) is 6. The van der Waals surface area contributed by atoms with E-state index in [1.54, 1.807) is 13.2 Å². The number of alkyl halides is 3. The number of nitrogens with zero attached hydrogens (tertiary/aromatic N) is 4. The van der Waals surface area contributed by atoms with Gasteiger partial charge in [0.05, 0.1) is 39.7 Å². The molecule has 0 radical (unpaired) electrons. The molecule has 174 valence electrons. The van der Waals surface area contributed by atoms with Crippen LogP contribution >= 0.6 is 23.1 Å². The Morgan fingerprint density at radius 2 is 2.00 bits per heavy atom. The fourth-order valence-electron chi connectivity index (χ4n) is 3.66. The van der Waals surface area contributed by atoms with Crippen molar-refractivity contribution in [1.29, 1.82) is 0 Å². The van der Waals surface area contributed by atoms with Gasteiger partial charge in [0, 0.05) is 12.1 Å². The smallest absolute Gasteiger partial charge is 0.435 e. The molecule has 33 heavy (non-hydrogen) atoms. The van der Waals surface area contributed by atoms with Crippen molar-refractivity contribution in [2.24, 2.45) is 0 Å². The van der Waals surface area contributed by atoms with Crippen molar-refractivity contribution < 1.29 is 23.0 Å². The second-order valence-corrected chi connectivity index (χ2v) is 8.78. The molecule has 11 heteroatoms. The molecule has 3 aromatic heterocycles. The number of hydrogen-bond donors (Lipinski definition) is 1. The minimum atomic E-state index is -4.68. The minimum Gasteiger partial charge on any atom is -0.496 e. The molecule has 2 unspecified atom stereocenters. The lowest BCUT2D eigenvalue weighted by atomic mass is 9.96. The molecule has 1 aromatic carbocycles. The van der Waals surface area contributed by atoms with Crippen molar-refractivity contribution in [3.8, 4) is 11.6 Å². The molecule has 0 spiro atoms. The number of pyridine rings is 1. The number of aliphatic hydroxyl groups is 1. The van der Waals surface area contributed by atoms with E-state index in [0.29, 0.717) is 12.2 Å². The van der Waals surface area contributed by atoms with Gasteiger partial charge < -0.3 is 9.84 Å². The highest BCUT2D eigenvalue weighted by molar-refractivity contribution is 7.13. The van der Waals surface area contributed by atoms with Crippen LogP contribution in [0.5, 0.6) is 5.75 Å². The van der Waals surface area contributed by atoms with Crippen molar-refractivity contribution in [3.63, 3.8) is 0 Å². The topological polar surface area (TPSA) is 73.1 Å². The van der Waals surface area contributed by atoms with E-state index in [1.807, 2.05) is 25.1 Å². The number of rotatable bonds is 7. The molecule has 4 aromatic rings. The molecule has 0 aliphatic heterocycles. The van der Waals surface area contributed by atoms with Crippen molar-refractivity contribution in [3.05, 3.63) is 64.7 Å². The first-order valence-corrected chi connectivity index (χ1v) is 11.2. The van der Waals surface area contributed by atoms with E-state index < -0.39 is 18.0 Å². The third kappa shape index (κ3) is 4.68. The van der Waals surface area contributed by atoms with Gasteiger partial charge in [-0.05, 0) is 54.7 Å². The summed E-state index contributed by atoms with van der Waals surface area (Å²) in [6.07, 6.45) is -3.84. The largest absolute Gasteiger partial charge is 0.496 e. The van der Waals surface area contributed by atoms with Gasteiger partial charge in [0.15, 0.2) is 11.5 Å². The highest BCUT2D eigenvalue weighted by Gasteiger charge is 2.36. The van der Waals surface area contributed by atoms with Crippen LogP contribution in [0.15, 0.2) is 42.6 Å². The molecule has 0 aliphatic rings. The zero-order valence-electron chi connectivity index (χ0n) is 17.7. The number of fused-ring (bicyclic) bond motifs is 1. The molecule has 4 rings (SSSR count). The Labute approximate surface area is 196 Å². The van der Waals surface area contributed by atoms with Gasteiger partial charge in [-0.1, -0.05) is 24.6 Å². The number of aliphatic hydroxyl groups excluding tert-OH is 1. The number of benzene rings is 1. The average Bonchev–Trinajstić information content (AvgIpc) is 3.42. The highest BCUT2D eigenvalue weighted by Crippen LogP contribution is 2.38. The van der Waals surface area contributed by atoms with Gasteiger partial charge in [-0.15, -0.1) is 0 Å². The Bertz CT molecular complexity index is 1270.